The van der Waals surface area contributed by atoms with Gasteiger partial charge in [-0.1, -0.05) is 0 Å². The number of carbonyl (C=O) groups excluding carboxylic acids is 1. The van der Waals surface area contributed by atoms with Gasteiger partial charge in [-0.3, -0.25) is 4.79 Å². The number of carbonyl (C=O) groups is 1. The van der Waals surface area contributed by atoms with E-state index in [1.54, 1.807) is 0 Å². The Hall–Kier alpha value is -1.65. The molecule has 1 aromatic heterocycles. The van der Waals surface area contributed by atoms with Crippen LogP contribution >= 0.6 is 0 Å². The summed E-state index contributed by atoms with van der Waals surface area (Å²) >= 11 is 0. The topological polar surface area (TPSA) is 66.9 Å². The number of nitrogens with zero attached hydrogens (tertiary/aromatic N) is 2. The maximum atomic E-state index is 12.2. The number of piperidine rings is 1. The highest BCUT2D eigenvalue weighted by Gasteiger charge is 2.33. The van der Waals surface area contributed by atoms with Crippen molar-refractivity contribution < 1.29 is 4.79 Å². The lowest BCUT2D eigenvalue weighted by molar-refractivity contribution is -0.125. The molecular weight excluding hydrogens is 252 g/mol. The third kappa shape index (κ3) is 2.49. The molecule has 0 aromatic carbocycles. The Bertz CT molecular complexity index is 553. The summed E-state index contributed by atoms with van der Waals surface area (Å²) in [7, 11) is 0. The number of aromatic nitrogens is 2. The summed E-state index contributed by atoms with van der Waals surface area (Å²) in [4.78, 5) is 21.2. The lowest BCUT2D eigenvalue weighted by Gasteiger charge is -2.35. The van der Waals surface area contributed by atoms with Crippen molar-refractivity contribution >= 4 is 11.7 Å². The fourth-order valence-electron chi connectivity index (χ4n) is 3.10. The fraction of sp³-hybridized carbons (Fsp3) is 0.667. The Morgan fingerprint density at radius 2 is 2.10 bits per heavy atom. The first-order chi connectivity index (χ1) is 9.44. The van der Waals surface area contributed by atoms with E-state index in [1.807, 2.05) is 6.92 Å². The maximum Gasteiger partial charge on any atom is 0.242 e. The van der Waals surface area contributed by atoms with Crippen LogP contribution in [0.25, 0.3) is 0 Å². The Balaban J connectivity index is 1.81. The van der Waals surface area contributed by atoms with Crippen LogP contribution in [-0.2, 0) is 17.6 Å². The Morgan fingerprint density at radius 1 is 1.30 bits per heavy atom. The minimum Gasteiger partial charge on any atom is -0.358 e. The summed E-state index contributed by atoms with van der Waals surface area (Å²) in [5.74, 6) is 1.72. The lowest BCUT2D eigenvalue weighted by Crippen LogP contribution is -2.55. The summed E-state index contributed by atoms with van der Waals surface area (Å²) in [6.07, 6.45) is 4.99. The van der Waals surface area contributed by atoms with E-state index in [0.29, 0.717) is 0 Å². The number of amides is 1. The highest BCUT2D eigenvalue weighted by atomic mass is 16.2. The van der Waals surface area contributed by atoms with E-state index < -0.39 is 0 Å². The van der Waals surface area contributed by atoms with Crippen LogP contribution in [0.3, 0.4) is 0 Å². The molecule has 1 amide bonds. The first kappa shape index (κ1) is 13.3. The molecule has 1 aliphatic carbocycles. The molecule has 2 heterocycles. The van der Waals surface area contributed by atoms with Gasteiger partial charge in [0.15, 0.2) is 0 Å². The third-order valence-corrected chi connectivity index (χ3v) is 4.19. The van der Waals surface area contributed by atoms with Gasteiger partial charge >= 0.3 is 0 Å². The average molecular weight is 274 g/mol. The fourth-order valence-corrected chi connectivity index (χ4v) is 3.10. The zero-order chi connectivity index (χ0) is 14.3. The number of fused-ring (bicyclic) bond motifs is 1. The first-order valence-electron chi connectivity index (χ1n) is 7.39. The van der Waals surface area contributed by atoms with E-state index in [2.05, 4.69) is 34.4 Å². The second kappa shape index (κ2) is 4.72. The number of nitrogens with one attached hydrogen (secondary N) is 2. The van der Waals surface area contributed by atoms with E-state index in [0.717, 1.165) is 49.4 Å². The SMILES string of the molecule is Cc1nc2c(c(N[C@@H]3CCC(C)(C)NC3=O)n1)CCC2. The number of anilines is 1. The quantitative estimate of drug-likeness (QED) is 0.862. The molecule has 1 aromatic rings. The van der Waals surface area contributed by atoms with Gasteiger partial charge in [0.1, 0.15) is 17.7 Å². The molecule has 1 fully saturated rings. The second-order valence-corrected chi connectivity index (χ2v) is 6.51. The highest BCUT2D eigenvalue weighted by Crippen LogP contribution is 2.28. The van der Waals surface area contributed by atoms with E-state index >= 15 is 0 Å². The average Bonchev–Trinajstić information content (AvgIpc) is 2.80. The molecule has 0 radical (unpaired) electrons. The molecule has 0 bridgehead atoms. The Kier molecular flexibility index (Phi) is 3.15. The zero-order valence-corrected chi connectivity index (χ0v) is 12.4. The summed E-state index contributed by atoms with van der Waals surface area (Å²) in [5, 5.41) is 6.41. The molecule has 1 saturated heterocycles. The molecule has 20 heavy (non-hydrogen) atoms. The predicted octanol–water partition coefficient (Wildman–Crippen LogP) is 1.74. The van der Waals surface area contributed by atoms with Crippen LogP contribution in [0.5, 0.6) is 0 Å². The van der Waals surface area contributed by atoms with Crippen molar-refractivity contribution in [1.82, 2.24) is 15.3 Å². The van der Waals surface area contributed by atoms with Crippen molar-refractivity contribution in [2.75, 3.05) is 5.32 Å². The lowest BCUT2D eigenvalue weighted by atomic mass is 9.90. The predicted molar refractivity (Wildman–Crippen MR) is 77.7 cm³/mol. The smallest absolute Gasteiger partial charge is 0.242 e. The van der Waals surface area contributed by atoms with E-state index in [-0.39, 0.29) is 17.5 Å². The van der Waals surface area contributed by atoms with Crippen LogP contribution in [0.15, 0.2) is 0 Å². The van der Waals surface area contributed by atoms with Crippen LogP contribution in [0, 0.1) is 6.92 Å². The summed E-state index contributed by atoms with van der Waals surface area (Å²) in [6.45, 7) is 6.04. The van der Waals surface area contributed by atoms with Crippen molar-refractivity contribution in [3.8, 4) is 0 Å². The Labute approximate surface area is 119 Å². The van der Waals surface area contributed by atoms with E-state index in [4.69, 9.17) is 0 Å². The van der Waals surface area contributed by atoms with Crippen LogP contribution in [0.2, 0.25) is 0 Å². The van der Waals surface area contributed by atoms with Gasteiger partial charge in [-0.15, -0.1) is 0 Å². The molecule has 0 unspecified atom stereocenters. The molecule has 1 aliphatic heterocycles. The largest absolute Gasteiger partial charge is 0.358 e. The van der Waals surface area contributed by atoms with Crippen molar-refractivity contribution in [3.63, 3.8) is 0 Å². The standard InChI is InChI=1S/C15H22N4O/c1-9-16-11-6-4-5-10(11)13(17-9)18-12-7-8-15(2,3)19-14(12)20/h12H,4-8H2,1-3H3,(H,19,20)(H,16,17,18)/t12-/m1/s1. The number of rotatable bonds is 2. The minimum atomic E-state index is -0.179. The van der Waals surface area contributed by atoms with Crippen molar-refractivity contribution in [2.45, 2.75) is 64.5 Å². The molecule has 108 valence electrons. The van der Waals surface area contributed by atoms with Gasteiger partial charge < -0.3 is 10.6 Å². The number of hydrogen-bond acceptors (Lipinski definition) is 4. The van der Waals surface area contributed by atoms with Crippen molar-refractivity contribution in [3.05, 3.63) is 17.1 Å². The van der Waals surface area contributed by atoms with Crippen molar-refractivity contribution in [2.24, 2.45) is 0 Å². The molecular formula is C15H22N4O. The molecule has 0 saturated carbocycles. The van der Waals surface area contributed by atoms with Gasteiger partial charge in [0.25, 0.3) is 0 Å². The molecule has 5 nitrogen and oxygen atoms in total. The second-order valence-electron chi connectivity index (χ2n) is 6.51. The van der Waals surface area contributed by atoms with Gasteiger partial charge in [-0.05, 0) is 52.9 Å². The number of aryl methyl sites for hydroxylation is 2. The molecule has 2 N–H and O–H groups in total. The van der Waals surface area contributed by atoms with E-state index in [1.165, 1.54) is 5.56 Å². The van der Waals surface area contributed by atoms with Gasteiger partial charge in [0.2, 0.25) is 5.91 Å². The minimum absolute atomic E-state index is 0.0734. The van der Waals surface area contributed by atoms with Crippen LogP contribution < -0.4 is 10.6 Å². The third-order valence-electron chi connectivity index (χ3n) is 4.19. The maximum absolute atomic E-state index is 12.2. The van der Waals surface area contributed by atoms with Gasteiger partial charge in [-0.2, -0.15) is 0 Å². The van der Waals surface area contributed by atoms with E-state index in [9.17, 15) is 4.79 Å². The molecule has 0 spiro atoms. The highest BCUT2D eigenvalue weighted by molar-refractivity contribution is 5.86. The molecule has 5 heteroatoms. The van der Waals surface area contributed by atoms with Crippen LogP contribution in [0.1, 0.15) is 50.2 Å². The van der Waals surface area contributed by atoms with Crippen molar-refractivity contribution in [1.29, 1.82) is 0 Å². The molecule has 1 atom stereocenters. The summed E-state index contributed by atoms with van der Waals surface area (Å²) in [6, 6.07) is -0.179. The Morgan fingerprint density at radius 3 is 2.85 bits per heavy atom. The molecule has 2 aliphatic rings. The van der Waals surface area contributed by atoms with Gasteiger partial charge in [0, 0.05) is 16.8 Å². The monoisotopic (exact) mass is 274 g/mol. The van der Waals surface area contributed by atoms with Gasteiger partial charge in [-0.25, -0.2) is 9.97 Å². The zero-order valence-electron chi connectivity index (χ0n) is 12.4. The van der Waals surface area contributed by atoms with Crippen LogP contribution in [-0.4, -0.2) is 27.5 Å². The van der Waals surface area contributed by atoms with Gasteiger partial charge in [0.05, 0.1) is 0 Å². The molecule has 3 rings (SSSR count). The summed E-state index contributed by atoms with van der Waals surface area (Å²) in [5.41, 5.74) is 2.25. The van der Waals surface area contributed by atoms with Crippen LogP contribution in [0.4, 0.5) is 5.82 Å². The normalized spacial score (nSPS) is 24.1. The first-order valence-corrected chi connectivity index (χ1v) is 7.39. The number of hydrogen-bond donors (Lipinski definition) is 2. The summed E-state index contributed by atoms with van der Waals surface area (Å²) < 4.78 is 0.